The predicted octanol–water partition coefficient (Wildman–Crippen LogP) is 2.93. The Morgan fingerprint density at radius 1 is 1.15 bits per heavy atom. The molecule has 6 nitrogen and oxygen atoms in total. The fraction of sp³-hybridized carbons (Fsp3) is 0.0526. The van der Waals surface area contributed by atoms with Crippen LogP contribution in [0.2, 0.25) is 5.02 Å². The topological polar surface area (TPSA) is 96.3 Å². The zero-order valence-corrected chi connectivity index (χ0v) is 14.6. The quantitative estimate of drug-likeness (QED) is 0.743. The largest absolute Gasteiger partial charge is 0.351 e. The molecule has 26 heavy (non-hydrogen) atoms. The summed E-state index contributed by atoms with van der Waals surface area (Å²) in [7, 11) is 1.25. The summed E-state index contributed by atoms with van der Waals surface area (Å²) in [5.74, 6) is -0.710. The molecule has 131 valence electrons. The van der Waals surface area contributed by atoms with Crippen LogP contribution < -0.4 is 11.2 Å². The van der Waals surface area contributed by atoms with Crippen molar-refractivity contribution in [3.05, 3.63) is 87.0 Å². The number of nitrogens with one attached hydrogen (secondary N) is 1. The van der Waals surface area contributed by atoms with E-state index in [4.69, 9.17) is 17.3 Å². The molecule has 0 aliphatic rings. The number of imide groups is 1. The van der Waals surface area contributed by atoms with E-state index in [0.29, 0.717) is 15.9 Å². The normalized spacial score (nSPS) is 10.7. The van der Waals surface area contributed by atoms with Gasteiger partial charge in [-0.05, 0) is 23.8 Å². The lowest BCUT2D eigenvalue weighted by molar-refractivity contribution is 0.0832. The Morgan fingerprint density at radius 2 is 1.85 bits per heavy atom. The number of H-pyrrole nitrogens is 1. The van der Waals surface area contributed by atoms with E-state index in [1.54, 1.807) is 36.8 Å². The van der Waals surface area contributed by atoms with Crippen LogP contribution in [-0.2, 0) is 0 Å². The number of urea groups is 1. The number of hydrogen-bond acceptors (Lipinski definition) is 3. The number of pyridine rings is 1. The van der Waals surface area contributed by atoms with Crippen molar-refractivity contribution in [2.24, 2.45) is 5.73 Å². The molecule has 2 aromatic carbocycles. The lowest BCUT2D eigenvalue weighted by Gasteiger charge is -2.16. The van der Waals surface area contributed by atoms with Crippen LogP contribution in [0, 0.1) is 6.42 Å². The van der Waals surface area contributed by atoms with Gasteiger partial charge in [-0.3, -0.25) is 14.5 Å². The molecule has 0 saturated heterocycles. The number of rotatable bonds is 3. The molecule has 1 aromatic heterocycles. The molecule has 3 amide bonds. The van der Waals surface area contributed by atoms with Gasteiger partial charge in [0.2, 0.25) is 0 Å². The van der Waals surface area contributed by atoms with Crippen molar-refractivity contribution in [1.29, 1.82) is 0 Å². The second-order valence-electron chi connectivity index (χ2n) is 5.69. The van der Waals surface area contributed by atoms with E-state index < -0.39 is 11.9 Å². The number of hydrogen-bond donors (Lipinski definition) is 2. The van der Waals surface area contributed by atoms with Gasteiger partial charge in [-0.15, -0.1) is 0 Å². The molecule has 0 aliphatic heterocycles. The van der Waals surface area contributed by atoms with Gasteiger partial charge in [-0.2, -0.15) is 0 Å². The van der Waals surface area contributed by atoms with E-state index >= 15 is 0 Å². The number of amides is 3. The van der Waals surface area contributed by atoms with Gasteiger partial charge in [0.1, 0.15) is 5.69 Å². The fourth-order valence-electron chi connectivity index (χ4n) is 2.57. The summed E-state index contributed by atoms with van der Waals surface area (Å²) in [5.41, 5.74) is 6.09. The van der Waals surface area contributed by atoms with Crippen LogP contribution >= 0.6 is 11.6 Å². The second-order valence-corrected chi connectivity index (χ2v) is 6.13. The van der Waals surface area contributed by atoms with Crippen molar-refractivity contribution in [2.45, 2.75) is 0 Å². The van der Waals surface area contributed by atoms with Crippen LogP contribution in [0.3, 0.4) is 0 Å². The van der Waals surface area contributed by atoms with Crippen molar-refractivity contribution in [3.63, 3.8) is 0 Å². The van der Waals surface area contributed by atoms with Gasteiger partial charge in [0.15, 0.2) is 5.43 Å². The zero-order chi connectivity index (χ0) is 18.8. The number of nitrogens with two attached hydrogens (primary N) is 1. The van der Waals surface area contributed by atoms with Crippen LogP contribution in [-0.4, -0.2) is 28.9 Å². The molecule has 0 atom stereocenters. The van der Waals surface area contributed by atoms with Gasteiger partial charge in [0.25, 0.3) is 5.91 Å². The van der Waals surface area contributed by atoms with Crippen LogP contribution in [0.4, 0.5) is 4.79 Å². The minimum atomic E-state index is -0.923. The fourth-order valence-corrected chi connectivity index (χ4v) is 2.74. The SMILES string of the molecule is CN(C(N)=O)C(=O)c1[nH]c2cc(Cl)ccc2c(=O)c1[CH]c1ccccc1. The van der Waals surface area contributed by atoms with Crippen molar-refractivity contribution in [3.8, 4) is 0 Å². The lowest BCUT2D eigenvalue weighted by Crippen LogP contribution is -2.39. The van der Waals surface area contributed by atoms with Crippen LogP contribution in [0.25, 0.3) is 10.9 Å². The van der Waals surface area contributed by atoms with E-state index in [1.807, 2.05) is 18.2 Å². The number of halogens is 1. The first-order valence-corrected chi connectivity index (χ1v) is 8.09. The van der Waals surface area contributed by atoms with Gasteiger partial charge in [-0.1, -0.05) is 41.9 Å². The van der Waals surface area contributed by atoms with E-state index in [9.17, 15) is 14.4 Å². The molecule has 1 radical (unpaired) electrons. The molecular weight excluding hydrogens is 354 g/mol. The first kappa shape index (κ1) is 17.7. The summed E-state index contributed by atoms with van der Waals surface area (Å²) in [4.78, 5) is 40.7. The van der Waals surface area contributed by atoms with Crippen molar-refractivity contribution < 1.29 is 9.59 Å². The van der Waals surface area contributed by atoms with Crippen LogP contribution in [0.5, 0.6) is 0 Å². The molecule has 0 fully saturated rings. The Labute approximate surface area is 154 Å². The average molecular weight is 369 g/mol. The summed E-state index contributed by atoms with van der Waals surface area (Å²) in [6, 6.07) is 12.9. The number of aromatic nitrogens is 1. The first-order chi connectivity index (χ1) is 12.4. The summed E-state index contributed by atoms with van der Waals surface area (Å²) in [6.45, 7) is 0. The van der Waals surface area contributed by atoms with Gasteiger partial charge < -0.3 is 10.7 Å². The summed E-state index contributed by atoms with van der Waals surface area (Å²) >= 11 is 5.99. The summed E-state index contributed by atoms with van der Waals surface area (Å²) in [6.07, 6.45) is 1.59. The molecule has 0 saturated carbocycles. The maximum Gasteiger partial charge on any atom is 0.321 e. The Hall–Kier alpha value is -3.12. The molecule has 3 N–H and O–H groups in total. The number of nitrogens with zero attached hydrogens (tertiary/aromatic N) is 1. The monoisotopic (exact) mass is 368 g/mol. The Balaban J connectivity index is 2.25. The molecule has 1 heterocycles. The molecule has 0 spiro atoms. The maximum absolute atomic E-state index is 13.0. The summed E-state index contributed by atoms with van der Waals surface area (Å²) in [5, 5.41) is 0.796. The van der Waals surface area contributed by atoms with Crippen LogP contribution in [0.15, 0.2) is 53.3 Å². The lowest BCUT2D eigenvalue weighted by atomic mass is 10.00. The Morgan fingerprint density at radius 3 is 2.50 bits per heavy atom. The number of fused-ring (bicyclic) bond motifs is 1. The molecule has 7 heteroatoms. The number of carbonyl (C=O) groups is 2. The smallest absolute Gasteiger partial charge is 0.321 e. The Kier molecular flexibility index (Phi) is 4.77. The molecule has 0 unspecified atom stereocenters. The third-order valence-electron chi connectivity index (χ3n) is 3.96. The highest BCUT2D eigenvalue weighted by atomic mass is 35.5. The third-order valence-corrected chi connectivity index (χ3v) is 4.19. The number of benzene rings is 2. The van der Waals surface area contributed by atoms with E-state index in [2.05, 4.69) is 4.98 Å². The second kappa shape index (κ2) is 7.01. The van der Waals surface area contributed by atoms with Gasteiger partial charge in [0.05, 0.1) is 5.52 Å². The molecule has 0 bridgehead atoms. The minimum absolute atomic E-state index is 0.0325. The van der Waals surface area contributed by atoms with Gasteiger partial charge in [-0.25, -0.2) is 4.79 Å². The Bertz CT molecular complexity index is 1060. The van der Waals surface area contributed by atoms with Crippen molar-refractivity contribution in [2.75, 3.05) is 7.05 Å². The average Bonchev–Trinajstić information content (AvgIpc) is 2.63. The minimum Gasteiger partial charge on any atom is -0.351 e. The van der Waals surface area contributed by atoms with Gasteiger partial charge >= 0.3 is 6.03 Å². The standard InChI is InChI=1S/C19H15ClN3O3/c1-23(19(21)26)18(25)16-14(9-11-5-3-2-4-6-11)17(24)13-8-7-12(20)10-15(13)22-16/h2-10H,1H3,(H2,21,26)(H,22,24). The summed E-state index contributed by atoms with van der Waals surface area (Å²) < 4.78 is 0. The molecule has 3 aromatic rings. The zero-order valence-electron chi connectivity index (χ0n) is 13.8. The predicted molar refractivity (Wildman–Crippen MR) is 100 cm³/mol. The highest BCUT2D eigenvalue weighted by molar-refractivity contribution is 6.31. The maximum atomic E-state index is 13.0. The van der Waals surface area contributed by atoms with Gasteiger partial charge in [0, 0.05) is 29.4 Å². The molecular formula is C19H15ClN3O3. The molecule has 0 aliphatic carbocycles. The van der Waals surface area contributed by atoms with Crippen LogP contribution in [0.1, 0.15) is 21.6 Å². The van der Waals surface area contributed by atoms with E-state index in [1.165, 1.54) is 7.05 Å². The number of carbonyl (C=O) groups excluding carboxylic acids is 2. The first-order valence-electron chi connectivity index (χ1n) is 7.71. The van der Waals surface area contributed by atoms with E-state index in [0.717, 1.165) is 10.5 Å². The number of aromatic amines is 1. The highest BCUT2D eigenvalue weighted by Crippen LogP contribution is 2.20. The molecule has 3 rings (SSSR count). The third kappa shape index (κ3) is 3.32. The van der Waals surface area contributed by atoms with Crippen molar-refractivity contribution >= 4 is 34.4 Å². The van der Waals surface area contributed by atoms with Crippen molar-refractivity contribution in [1.82, 2.24) is 9.88 Å². The van der Waals surface area contributed by atoms with E-state index in [-0.39, 0.29) is 16.7 Å². The highest BCUT2D eigenvalue weighted by Gasteiger charge is 2.23. The number of primary amides is 1.